The van der Waals surface area contributed by atoms with Crippen molar-refractivity contribution in [3.63, 3.8) is 0 Å². The fourth-order valence-electron chi connectivity index (χ4n) is 3.43. The predicted molar refractivity (Wildman–Crippen MR) is 88.6 cm³/mol. The molecule has 1 aliphatic carbocycles. The van der Waals surface area contributed by atoms with E-state index in [2.05, 4.69) is 5.32 Å². The molecule has 1 saturated carbocycles. The monoisotopic (exact) mass is 342 g/mol. The summed E-state index contributed by atoms with van der Waals surface area (Å²) in [6, 6.07) is 6.68. The van der Waals surface area contributed by atoms with Crippen molar-refractivity contribution in [3.8, 4) is 0 Å². The minimum Gasteiger partial charge on any atom is -0.330 e. The van der Waals surface area contributed by atoms with Gasteiger partial charge in [0, 0.05) is 18.5 Å². The molecule has 1 fully saturated rings. The SMILES string of the molecule is NCC1(CC(=O)Nc2ccccc2CCC(F)(F)F)CCCCC1. The molecule has 24 heavy (non-hydrogen) atoms. The Morgan fingerprint density at radius 2 is 1.83 bits per heavy atom. The van der Waals surface area contributed by atoms with Gasteiger partial charge in [-0.25, -0.2) is 0 Å². The zero-order chi connectivity index (χ0) is 17.6. The van der Waals surface area contributed by atoms with Crippen LogP contribution in [0.1, 0.15) is 50.5 Å². The van der Waals surface area contributed by atoms with Gasteiger partial charge in [-0.3, -0.25) is 4.79 Å². The van der Waals surface area contributed by atoms with Crippen molar-refractivity contribution in [1.82, 2.24) is 0 Å². The molecule has 0 bridgehead atoms. The smallest absolute Gasteiger partial charge is 0.330 e. The number of alkyl halides is 3. The number of anilines is 1. The first kappa shape index (κ1) is 18.8. The van der Waals surface area contributed by atoms with E-state index in [9.17, 15) is 18.0 Å². The van der Waals surface area contributed by atoms with Crippen LogP contribution in [-0.2, 0) is 11.2 Å². The lowest BCUT2D eigenvalue weighted by atomic mass is 9.71. The van der Waals surface area contributed by atoms with Crippen molar-refractivity contribution in [1.29, 1.82) is 0 Å². The Kier molecular flexibility index (Phi) is 6.27. The molecule has 0 atom stereocenters. The highest BCUT2D eigenvalue weighted by atomic mass is 19.4. The lowest BCUT2D eigenvalue weighted by Gasteiger charge is -2.35. The van der Waals surface area contributed by atoms with Crippen LogP contribution in [-0.4, -0.2) is 18.6 Å². The number of carbonyl (C=O) groups excluding carboxylic acids is 1. The molecule has 0 unspecified atom stereocenters. The number of para-hydroxylation sites is 1. The van der Waals surface area contributed by atoms with Gasteiger partial charge in [0.2, 0.25) is 5.91 Å². The summed E-state index contributed by atoms with van der Waals surface area (Å²) in [5.41, 5.74) is 6.71. The van der Waals surface area contributed by atoms with Gasteiger partial charge in [-0.05, 0) is 42.9 Å². The number of aryl methyl sites for hydroxylation is 1. The van der Waals surface area contributed by atoms with Gasteiger partial charge in [0.1, 0.15) is 0 Å². The van der Waals surface area contributed by atoms with Crippen LogP contribution in [0.4, 0.5) is 18.9 Å². The van der Waals surface area contributed by atoms with E-state index in [1.165, 1.54) is 6.42 Å². The zero-order valence-electron chi connectivity index (χ0n) is 13.8. The molecule has 3 nitrogen and oxygen atoms in total. The van der Waals surface area contributed by atoms with E-state index < -0.39 is 12.6 Å². The van der Waals surface area contributed by atoms with Crippen molar-refractivity contribution in [2.75, 3.05) is 11.9 Å². The maximum absolute atomic E-state index is 12.4. The van der Waals surface area contributed by atoms with Crippen LogP contribution in [0.2, 0.25) is 0 Å². The summed E-state index contributed by atoms with van der Waals surface area (Å²) < 4.78 is 37.3. The van der Waals surface area contributed by atoms with Crippen LogP contribution < -0.4 is 11.1 Å². The largest absolute Gasteiger partial charge is 0.389 e. The highest BCUT2D eigenvalue weighted by molar-refractivity contribution is 5.92. The van der Waals surface area contributed by atoms with Gasteiger partial charge in [-0.1, -0.05) is 37.5 Å². The summed E-state index contributed by atoms with van der Waals surface area (Å²) in [5.74, 6) is -0.165. The lowest BCUT2D eigenvalue weighted by Crippen LogP contribution is -2.36. The van der Waals surface area contributed by atoms with Gasteiger partial charge >= 0.3 is 6.18 Å². The molecule has 3 N–H and O–H groups in total. The van der Waals surface area contributed by atoms with Gasteiger partial charge < -0.3 is 11.1 Å². The van der Waals surface area contributed by atoms with Crippen LogP contribution in [0.5, 0.6) is 0 Å². The van der Waals surface area contributed by atoms with Crippen LogP contribution in [0, 0.1) is 5.41 Å². The second kappa shape index (κ2) is 8.01. The topological polar surface area (TPSA) is 55.1 Å². The van der Waals surface area contributed by atoms with Gasteiger partial charge in [-0.2, -0.15) is 13.2 Å². The fraction of sp³-hybridized carbons (Fsp3) is 0.611. The molecule has 1 aromatic rings. The zero-order valence-corrected chi connectivity index (χ0v) is 13.8. The molecule has 0 aliphatic heterocycles. The van der Waals surface area contributed by atoms with E-state index in [1.54, 1.807) is 24.3 Å². The maximum Gasteiger partial charge on any atom is 0.389 e. The number of hydrogen-bond donors (Lipinski definition) is 2. The predicted octanol–water partition coefficient (Wildman–Crippen LogP) is 4.42. The van der Waals surface area contributed by atoms with Crippen LogP contribution in [0.15, 0.2) is 24.3 Å². The van der Waals surface area contributed by atoms with Crippen molar-refractivity contribution >= 4 is 11.6 Å². The first-order chi connectivity index (χ1) is 11.3. The summed E-state index contributed by atoms with van der Waals surface area (Å²) in [7, 11) is 0. The number of hydrogen-bond acceptors (Lipinski definition) is 2. The fourth-order valence-corrected chi connectivity index (χ4v) is 3.43. The second-order valence-electron chi connectivity index (χ2n) is 6.76. The summed E-state index contributed by atoms with van der Waals surface area (Å²) in [6.45, 7) is 0.468. The molecule has 0 aromatic heterocycles. The molecular weight excluding hydrogens is 317 g/mol. The number of halogens is 3. The highest BCUT2D eigenvalue weighted by Crippen LogP contribution is 2.38. The minimum absolute atomic E-state index is 0.137. The van der Waals surface area contributed by atoms with Gasteiger partial charge in [0.15, 0.2) is 0 Å². The first-order valence-corrected chi connectivity index (χ1v) is 8.48. The normalized spacial score (nSPS) is 17.5. The van der Waals surface area contributed by atoms with E-state index in [1.807, 2.05) is 0 Å². The van der Waals surface area contributed by atoms with Crippen molar-refractivity contribution in [3.05, 3.63) is 29.8 Å². The third-order valence-corrected chi connectivity index (χ3v) is 4.85. The summed E-state index contributed by atoms with van der Waals surface area (Å²) >= 11 is 0. The second-order valence-corrected chi connectivity index (χ2v) is 6.76. The molecule has 1 aromatic carbocycles. The Hall–Kier alpha value is -1.56. The standard InChI is InChI=1S/C18H25F3N2O/c19-18(20,21)11-8-14-6-2-3-7-15(14)23-16(24)12-17(13-22)9-4-1-5-10-17/h2-3,6-7H,1,4-5,8-13,22H2,(H,23,24). The number of rotatable bonds is 6. The minimum atomic E-state index is -4.21. The van der Waals surface area contributed by atoms with Crippen LogP contribution in [0.3, 0.4) is 0 Å². The molecule has 0 radical (unpaired) electrons. The van der Waals surface area contributed by atoms with E-state index in [0.717, 1.165) is 25.7 Å². The number of amides is 1. The molecule has 0 saturated heterocycles. The first-order valence-electron chi connectivity index (χ1n) is 8.48. The molecule has 0 spiro atoms. The number of benzene rings is 1. The van der Waals surface area contributed by atoms with Gasteiger partial charge in [-0.15, -0.1) is 0 Å². The molecular formula is C18H25F3N2O. The average molecular weight is 342 g/mol. The third kappa shape index (κ3) is 5.51. The summed E-state index contributed by atoms with van der Waals surface area (Å²) in [4.78, 5) is 12.4. The quantitative estimate of drug-likeness (QED) is 0.804. The van der Waals surface area contributed by atoms with Crippen molar-refractivity contribution < 1.29 is 18.0 Å². The van der Waals surface area contributed by atoms with E-state index in [0.29, 0.717) is 24.2 Å². The molecule has 2 rings (SSSR count). The molecule has 1 amide bonds. The average Bonchev–Trinajstić information content (AvgIpc) is 2.54. The summed E-state index contributed by atoms with van der Waals surface area (Å²) in [6.07, 6.45) is 0.288. The van der Waals surface area contributed by atoms with Crippen LogP contribution >= 0.6 is 0 Å². The van der Waals surface area contributed by atoms with Gasteiger partial charge in [0.25, 0.3) is 0 Å². The lowest BCUT2D eigenvalue weighted by molar-refractivity contribution is -0.133. The Bertz CT molecular complexity index is 551. The van der Waals surface area contributed by atoms with E-state index >= 15 is 0 Å². The molecule has 134 valence electrons. The van der Waals surface area contributed by atoms with Crippen molar-refractivity contribution in [2.24, 2.45) is 11.1 Å². The molecule has 0 heterocycles. The Labute approximate surface area is 140 Å². The van der Waals surface area contributed by atoms with E-state index in [4.69, 9.17) is 5.73 Å². The van der Waals surface area contributed by atoms with Gasteiger partial charge in [0.05, 0.1) is 0 Å². The summed E-state index contributed by atoms with van der Waals surface area (Å²) in [5, 5.41) is 2.79. The number of nitrogens with two attached hydrogens (primary N) is 1. The Morgan fingerprint density at radius 1 is 1.17 bits per heavy atom. The Morgan fingerprint density at radius 3 is 2.46 bits per heavy atom. The van der Waals surface area contributed by atoms with Crippen LogP contribution in [0.25, 0.3) is 0 Å². The molecule has 1 aliphatic rings. The number of carbonyl (C=O) groups is 1. The van der Waals surface area contributed by atoms with E-state index in [-0.39, 0.29) is 17.7 Å². The Balaban J connectivity index is 2.00. The highest BCUT2D eigenvalue weighted by Gasteiger charge is 2.33. The third-order valence-electron chi connectivity index (χ3n) is 4.85. The van der Waals surface area contributed by atoms with Crippen molar-refractivity contribution in [2.45, 2.75) is 57.5 Å². The molecule has 6 heteroatoms. The maximum atomic E-state index is 12.4. The number of nitrogens with one attached hydrogen (secondary N) is 1.